The molecule has 74 valence electrons. The Bertz CT molecular complexity index is 404. The molecule has 5 heteroatoms. The second kappa shape index (κ2) is 4.41. The van der Waals surface area contributed by atoms with E-state index in [1.54, 1.807) is 7.05 Å². The van der Waals surface area contributed by atoms with Crippen LogP contribution in [0, 0.1) is 12.3 Å². The maximum atomic E-state index is 11.4. The summed E-state index contributed by atoms with van der Waals surface area (Å²) in [7, 11) is 1.65. The molecule has 0 aromatic carbocycles. The molecular weight excluding hydrogens is 223 g/mol. The number of hydrogen-bond acceptors (Lipinski definition) is 1. The van der Waals surface area contributed by atoms with Gasteiger partial charge in [-0.2, -0.15) is 0 Å². The van der Waals surface area contributed by atoms with E-state index >= 15 is 0 Å². The summed E-state index contributed by atoms with van der Waals surface area (Å²) in [5.74, 6) is 2.01. The highest BCUT2D eigenvalue weighted by molar-refractivity contribution is 6.41. The molecule has 3 nitrogen and oxygen atoms in total. The minimum absolute atomic E-state index is 0.180. The lowest BCUT2D eigenvalue weighted by Gasteiger charge is -2.02. The number of rotatable bonds is 2. The smallest absolute Gasteiger partial charge is 0.268 e. The van der Waals surface area contributed by atoms with Crippen LogP contribution in [0.3, 0.4) is 0 Å². The Labute approximate surface area is 92.0 Å². The van der Waals surface area contributed by atoms with Crippen LogP contribution in [0.15, 0.2) is 6.07 Å². The van der Waals surface area contributed by atoms with Gasteiger partial charge in [0.2, 0.25) is 0 Å². The van der Waals surface area contributed by atoms with Gasteiger partial charge in [0, 0.05) is 7.05 Å². The topological polar surface area (TPSA) is 34.0 Å². The zero-order chi connectivity index (χ0) is 10.7. The van der Waals surface area contributed by atoms with Gasteiger partial charge in [0.05, 0.1) is 11.6 Å². The van der Waals surface area contributed by atoms with Crippen molar-refractivity contribution in [3.8, 4) is 12.3 Å². The average Bonchev–Trinajstić information content (AvgIpc) is 2.42. The van der Waals surface area contributed by atoms with E-state index in [-0.39, 0.29) is 12.5 Å². The summed E-state index contributed by atoms with van der Waals surface area (Å²) in [6, 6.07) is 1.50. The maximum absolute atomic E-state index is 11.4. The molecular formula is C9H8Cl2N2O. The minimum Gasteiger partial charge on any atom is -0.340 e. The van der Waals surface area contributed by atoms with Crippen LogP contribution in [0.2, 0.25) is 10.2 Å². The Morgan fingerprint density at radius 1 is 1.71 bits per heavy atom. The quantitative estimate of drug-likeness (QED) is 0.772. The van der Waals surface area contributed by atoms with Crippen molar-refractivity contribution in [1.29, 1.82) is 0 Å². The standard InChI is InChI=1S/C9H8Cl2N2O/c1-3-4-12-9(14)7-5-6(10)8(11)13(7)2/h1,5H,4H2,2H3,(H,12,14). The van der Waals surface area contributed by atoms with Crippen LogP contribution in [0.1, 0.15) is 10.5 Å². The molecule has 1 aromatic rings. The van der Waals surface area contributed by atoms with Gasteiger partial charge in [0.25, 0.3) is 5.91 Å². The van der Waals surface area contributed by atoms with E-state index in [2.05, 4.69) is 11.2 Å². The second-order valence-electron chi connectivity index (χ2n) is 2.61. The van der Waals surface area contributed by atoms with Crippen molar-refractivity contribution >= 4 is 29.1 Å². The zero-order valence-electron chi connectivity index (χ0n) is 7.47. The molecule has 0 bridgehead atoms. The van der Waals surface area contributed by atoms with E-state index in [9.17, 15) is 4.79 Å². The van der Waals surface area contributed by atoms with Crippen LogP contribution < -0.4 is 5.32 Å². The third-order valence-corrected chi connectivity index (χ3v) is 2.54. The highest BCUT2D eigenvalue weighted by Gasteiger charge is 2.14. The van der Waals surface area contributed by atoms with Gasteiger partial charge in [0.15, 0.2) is 0 Å². The van der Waals surface area contributed by atoms with Crippen molar-refractivity contribution in [3.63, 3.8) is 0 Å². The molecule has 0 saturated heterocycles. The summed E-state index contributed by atoms with van der Waals surface area (Å²) < 4.78 is 1.50. The molecule has 1 N–H and O–H groups in total. The fraction of sp³-hybridized carbons (Fsp3) is 0.222. The molecule has 0 aliphatic rings. The van der Waals surface area contributed by atoms with Gasteiger partial charge >= 0.3 is 0 Å². The number of carbonyl (C=O) groups is 1. The van der Waals surface area contributed by atoms with Crippen LogP contribution in [0.4, 0.5) is 0 Å². The SMILES string of the molecule is C#CCNC(=O)c1cc(Cl)c(Cl)n1C. The number of nitrogens with one attached hydrogen (secondary N) is 1. The first-order valence-corrected chi connectivity index (χ1v) is 4.56. The van der Waals surface area contributed by atoms with Crippen LogP contribution in [-0.2, 0) is 7.05 Å². The molecule has 14 heavy (non-hydrogen) atoms. The predicted molar refractivity (Wildman–Crippen MR) is 56.6 cm³/mol. The third kappa shape index (κ3) is 2.03. The van der Waals surface area contributed by atoms with Crippen LogP contribution in [-0.4, -0.2) is 17.0 Å². The molecule has 0 aliphatic heterocycles. The van der Waals surface area contributed by atoms with E-state index in [0.717, 1.165) is 0 Å². The molecule has 0 unspecified atom stereocenters. The number of aromatic nitrogens is 1. The zero-order valence-corrected chi connectivity index (χ0v) is 8.99. The summed E-state index contributed by atoms with van der Waals surface area (Å²) in [5.41, 5.74) is 0.384. The Kier molecular flexibility index (Phi) is 3.45. The van der Waals surface area contributed by atoms with Crippen LogP contribution in [0.25, 0.3) is 0 Å². The summed E-state index contributed by atoms with van der Waals surface area (Å²) in [6.45, 7) is 0.180. The molecule has 0 atom stereocenters. The number of nitrogens with zero attached hydrogens (tertiary/aromatic N) is 1. The first kappa shape index (κ1) is 11.0. The Morgan fingerprint density at radius 2 is 2.36 bits per heavy atom. The lowest BCUT2D eigenvalue weighted by Crippen LogP contribution is -2.25. The van der Waals surface area contributed by atoms with Crippen molar-refractivity contribution in [2.75, 3.05) is 6.54 Å². The minimum atomic E-state index is -0.292. The van der Waals surface area contributed by atoms with E-state index in [1.807, 2.05) is 0 Å². The largest absolute Gasteiger partial charge is 0.340 e. The summed E-state index contributed by atoms with van der Waals surface area (Å²) >= 11 is 11.5. The van der Waals surface area contributed by atoms with Crippen molar-refractivity contribution in [2.24, 2.45) is 7.05 Å². The normalized spacial score (nSPS) is 9.57. The number of hydrogen-bond donors (Lipinski definition) is 1. The van der Waals surface area contributed by atoms with Gasteiger partial charge in [0.1, 0.15) is 10.8 Å². The molecule has 0 radical (unpaired) electrons. The van der Waals surface area contributed by atoms with Crippen molar-refractivity contribution in [1.82, 2.24) is 9.88 Å². The van der Waals surface area contributed by atoms with Crippen molar-refractivity contribution < 1.29 is 4.79 Å². The number of carbonyl (C=O) groups excluding carboxylic acids is 1. The van der Waals surface area contributed by atoms with Gasteiger partial charge < -0.3 is 9.88 Å². The summed E-state index contributed by atoms with van der Waals surface area (Å²) in [6.07, 6.45) is 5.00. The first-order chi connectivity index (χ1) is 6.57. The Hall–Kier alpha value is -1.11. The van der Waals surface area contributed by atoms with Gasteiger partial charge in [-0.05, 0) is 6.07 Å². The summed E-state index contributed by atoms with van der Waals surface area (Å²) in [4.78, 5) is 11.4. The second-order valence-corrected chi connectivity index (χ2v) is 3.38. The van der Waals surface area contributed by atoms with Gasteiger partial charge in [-0.15, -0.1) is 6.42 Å². The lowest BCUT2D eigenvalue weighted by molar-refractivity contribution is 0.0950. The molecule has 0 saturated carbocycles. The molecule has 0 spiro atoms. The summed E-state index contributed by atoms with van der Waals surface area (Å²) in [5, 5.41) is 3.20. The predicted octanol–water partition coefficient (Wildman–Crippen LogP) is 1.69. The van der Waals surface area contributed by atoms with E-state index < -0.39 is 0 Å². The highest BCUT2D eigenvalue weighted by atomic mass is 35.5. The monoisotopic (exact) mass is 230 g/mol. The Morgan fingerprint density at radius 3 is 2.79 bits per heavy atom. The van der Waals surface area contributed by atoms with E-state index in [4.69, 9.17) is 29.6 Å². The van der Waals surface area contributed by atoms with E-state index in [1.165, 1.54) is 10.6 Å². The van der Waals surface area contributed by atoms with Crippen molar-refractivity contribution in [2.45, 2.75) is 0 Å². The van der Waals surface area contributed by atoms with Gasteiger partial charge in [-0.1, -0.05) is 29.1 Å². The molecule has 0 aliphatic carbocycles. The fourth-order valence-electron chi connectivity index (χ4n) is 0.982. The van der Waals surface area contributed by atoms with Gasteiger partial charge in [-0.3, -0.25) is 4.79 Å². The lowest BCUT2D eigenvalue weighted by atomic mass is 10.4. The van der Waals surface area contributed by atoms with Crippen molar-refractivity contribution in [3.05, 3.63) is 21.9 Å². The molecule has 1 amide bonds. The molecule has 0 fully saturated rings. The maximum Gasteiger partial charge on any atom is 0.268 e. The third-order valence-electron chi connectivity index (χ3n) is 1.70. The number of terminal acetylenes is 1. The van der Waals surface area contributed by atoms with Crippen LogP contribution in [0.5, 0.6) is 0 Å². The highest BCUT2D eigenvalue weighted by Crippen LogP contribution is 2.24. The van der Waals surface area contributed by atoms with E-state index in [0.29, 0.717) is 15.9 Å². The number of halogens is 2. The molecule has 1 heterocycles. The van der Waals surface area contributed by atoms with Gasteiger partial charge in [-0.25, -0.2) is 0 Å². The first-order valence-electron chi connectivity index (χ1n) is 3.80. The average molecular weight is 231 g/mol. The van der Waals surface area contributed by atoms with Crippen LogP contribution >= 0.6 is 23.2 Å². The fourth-order valence-corrected chi connectivity index (χ4v) is 1.36. The molecule has 1 aromatic heterocycles. The Balaban J connectivity index is 2.92. The molecule has 1 rings (SSSR count). The number of amides is 1.